The molecule has 1 amide bonds. The molecule has 0 bridgehead atoms. The summed E-state index contributed by atoms with van der Waals surface area (Å²) in [4.78, 5) is 35.7. The Bertz CT molecular complexity index is 467. The Balaban J connectivity index is 4.55. The van der Waals surface area contributed by atoms with Crippen LogP contribution in [0.25, 0.3) is 0 Å². The summed E-state index contributed by atoms with van der Waals surface area (Å²) < 4.78 is 15.3. The first-order valence-electron chi connectivity index (χ1n) is 8.41. The van der Waals surface area contributed by atoms with E-state index < -0.39 is 35.8 Å². The lowest BCUT2D eigenvalue weighted by molar-refractivity contribution is -0.168. The summed E-state index contributed by atoms with van der Waals surface area (Å²) in [6.07, 6.45) is 0.134. The molecule has 0 aliphatic carbocycles. The second-order valence-corrected chi connectivity index (χ2v) is 7.28. The van der Waals surface area contributed by atoms with Crippen LogP contribution >= 0.6 is 0 Å². The van der Waals surface area contributed by atoms with Crippen LogP contribution in [0.3, 0.4) is 0 Å². The van der Waals surface area contributed by atoms with Gasteiger partial charge < -0.3 is 19.5 Å². The lowest BCUT2D eigenvalue weighted by Gasteiger charge is -2.22. The van der Waals surface area contributed by atoms with E-state index in [1.165, 1.54) is 6.08 Å². The minimum Gasteiger partial charge on any atom is -0.459 e. The van der Waals surface area contributed by atoms with Crippen LogP contribution < -0.4 is 5.32 Å². The molecule has 25 heavy (non-hydrogen) atoms. The maximum Gasteiger partial charge on any atom is 0.407 e. The summed E-state index contributed by atoms with van der Waals surface area (Å²) in [5.41, 5.74) is -0.623. The van der Waals surface area contributed by atoms with Crippen molar-refractivity contribution in [3.05, 3.63) is 12.7 Å². The third kappa shape index (κ3) is 12.0. The number of rotatable bonds is 9. The van der Waals surface area contributed by atoms with Crippen molar-refractivity contribution in [2.75, 3.05) is 6.61 Å². The highest BCUT2D eigenvalue weighted by atomic mass is 16.6. The van der Waals surface area contributed by atoms with Gasteiger partial charge in [0.2, 0.25) is 0 Å². The number of carbonyl (C=O) groups is 3. The van der Waals surface area contributed by atoms with E-state index in [9.17, 15) is 14.4 Å². The van der Waals surface area contributed by atoms with E-state index in [1.807, 2.05) is 13.8 Å². The zero-order valence-electron chi connectivity index (χ0n) is 16.1. The van der Waals surface area contributed by atoms with Gasteiger partial charge in [-0.05, 0) is 40.0 Å². The zero-order chi connectivity index (χ0) is 19.6. The summed E-state index contributed by atoms with van der Waals surface area (Å²) in [7, 11) is 0. The second-order valence-electron chi connectivity index (χ2n) is 7.28. The minimum absolute atomic E-state index is 0.0571. The van der Waals surface area contributed by atoms with Gasteiger partial charge in [0.15, 0.2) is 6.10 Å². The first kappa shape index (κ1) is 22.9. The fourth-order valence-corrected chi connectivity index (χ4v) is 1.87. The van der Waals surface area contributed by atoms with E-state index in [1.54, 1.807) is 27.7 Å². The second kappa shape index (κ2) is 10.7. The van der Waals surface area contributed by atoms with Crippen molar-refractivity contribution in [3.8, 4) is 0 Å². The smallest absolute Gasteiger partial charge is 0.407 e. The Labute approximate surface area is 150 Å². The van der Waals surface area contributed by atoms with Crippen LogP contribution in [0, 0.1) is 5.92 Å². The normalized spacial score (nSPS) is 13.6. The van der Waals surface area contributed by atoms with Gasteiger partial charge >= 0.3 is 18.0 Å². The summed E-state index contributed by atoms with van der Waals surface area (Å²) in [5, 5.41) is 2.55. The Hall–Kier alpha value is -2.05. The van der Waals surface area contributed by atoms with Crippen molar-refractivity contribution in [2.45, 2.75) is 72.1 Å². The van der Waals surface area contributed by atoms with Crippen LogP contribution in [0.4, 0.5) is 4.79 Å². The molecule has 144 valence electrons. The highest BCUT2D eigenvalue weighted by molar-refractivity contribution is 5.80. The van der Waals surface area contributed by atoms with Crippen molar-refractivity contribution in [1.82, 2.24) is 5.32 Å². The molecule has 0 saturated heterocycles. The van der Waals surface area contributed by atoms with Crippen molar-refractivity contribution in [1.29, 1.82) is 0 Å². The highest BCUT2D eigenvalue weighted by Gasteiger charge is 2.26. The third-order valence-corrected chi connectivity index (χ3v) is 2.80. The van der Waals surface area contributed by atoms with Crippen LogP contribution in [0.1, 0.15) is 54.4 Å². The highest BCUT2D eigenvalue weighted by Crippen LogP contribution is 2.12. The molecule has 0 spiro atoms. The fraction of sp³-hybridized carbons (Fsp3) is 0.722. The number of hydrogen-bond donors (Lipinski definition) is 1. The number of nitrogens with one attached hydrogen (secondary N) is 1. The Morgan fingerprint density at radius 2 is 1.76 bits per heavy atom. The van der Waals surface area contributed by atoms with Crippen molar-refractivity contribution in [3.63, 3.8) is 0 Å². The fourth-order valence-electron chi connectivity index (χ4n) is 1.87. The van der Waals surface area contributed by atoms with E-state index >= 15 is 0 Å². The molecule has 7 nitrogen and oxygen atoms in total. The minimum atomic E-state index is -0.971. The van der Waals surface area contributed by atoms with Gasteiger partial charge in [-0.25, -0.2) is 9.59 Å². The number of hydrogen-bond acceptors (Lipinski definition) is 6. The van der Waals surface area contributed by atoms with Gasteiger partial charge in [0, 0.05) is 6.04 Å². The van der Waals surface area contributed by atoms with Gasteiger partial charge in [0.1, 0.15) is 12.2 Å². The summed E-state index contributed by atoms with van der Waals surface area (Å²) in [6.45, 7) is 14.2. The molecule has 0 saturated carbocycles. The number of ether oxygens (including phenoxy) is 3. The number of amides is 1. The molecule has 0 aromatic rings. The van der Waals surface area contributed by atoms with E-state index in [2.05, 4.69) is 11.9 Å². The molecule has 1 N–H and O–H groups in total. The first-order chi connectivity index (χ1) is 11.4. The van der Waals surface area contributed by atoms with Gasteiger partial charge in [-0.15, -0.1) is 0 Å². The molecule has 2 atom stereocenters. The largest absolute Gasteiger partial charge is 0.459 e. The van der Waals surface area contributed by atoms with Crippen molar-refractivity contribution in [2.24, 2.45) is 5.92 Å². The molecular formula is C18H31NO6. The first-order valence-corrected chi connectivity index (χ1v) is 8.41. The van der Waals surface area contributed by atoms with Gasteiger partial charge in [-0.1, -0.05) is 26.5 Å². The molecule has 7 heteroatoms. The number of carbonyl (C=O) groups excluding carboxylic acids is 3. The number of esters is 2. The summed E-state index contributed by atoms with van der Waals surface area (Å²) in [5.74, 6) is -1.05. The summed E-state index contributed by atoms with van der Waals surface area (Å²) >= 11 is 0. The van der Waals surface area contributed by atoms with Gasteiger partial charge in [0.05, 0.1) is 6.42 Å². The quantitative estimate of drug-likeness (QED) is 0.387. The van der Waals surface area contributed by atoms with E-state index in [0.717, 1.165) is 0 Å². The SMILES string of the molecule is C=CCOC(=O)C(CC(C)C)OC(=O)C[C@@H](C)NC(=O)OC(C)(C)C. The van der Waals surface area contributed by atoms with Gasteiger partial charge in [0.25, 0.3) is 0 Å². The molecule has 0 aromatic carbocycles. The van der Waals surface area contributed by atoms with E-state index in [4.69, 9.17) is 14.2 Å². The van der Waals surface area contributed by atoms with Crippen LogP contribution in [-0.2, 0) is 23.8 Å². The number of alkyl carbamates (subject to hydrolysis) is 1. The average Bonchev–Trinajstić information content (AvgIpc) is 2.40. The van der Waals surface area contributed by atoms with Gasteiger partial charge in [-0.2, -0.15) is 0 Å². The van der Waals surface area contributed by atoms with E-state index in [0.29, 0.717) is 6.42 Å². The van der Waals surface area contributed by atoms with Crippen molar-refractivity contribution < 1.29 is 28.6 Å². The van der Waals surface area contributed by atoms with Crippen LogP contribution in [0.15, 0.2) is 12.7 Å². The zero-order valence-corrected chi connectivity index (χ0v) is 16.1. The van der Waals surface area contributed by atoms with Crippen LogP contribution in [0.2, 0.25) is 0 Å². The Kier molecular flexibility index (Phi) is 9.86. The molecule has 0 aliphatic rings. The van der Waals surface area contributed by atoms with Crippen molar-refractivity contribution >= 4 is 18.0 Å². The maximum absolute atomic E-state index is 12.0. The molecule has 0 heterocycles. The standard InChI is InChI=1S/C18H31NO6/c1-8-9-23-16(21)14(10-12(2)3)24-15(20)11-13(4)19-17(22)25-18(5,6)7/h8,12-14H,1,9-11H2,2-7H3,(H,19,22)/t13-,14?/m1/s1. The predicted molar refractivity (Wildman–Crippen MR) is 93.9 cm³/mol. The Morgan fingerprint density at radius 1 is 1.16 bits per heavy atom. The average molecular weight is 357 g/mol. The lowest BCUT2D eigenvalue weighted by Crippen LogP contribution is -2.39. The van der Waals surface area contributed by atoms with Crippen LogP contribution in [0.5, 0.6) is 0 Å². The summed E-state index contributed by atoms with van der Waals surface area (Å²) in [6, 6.07) is -0.494. The molecule has 0 fully saturated rings. The molecule has 1 unspecified atom stereocenters. The topological polar surface area (TPSA) is 90.9 Å². The molecule has 0 aliphatic heterocycles. The maximum atomic E-state index is 12.0. The predicted octanol–water partition coefficient (Wildman–Crippen LogP) is 2.98. The van der Waals surface area contributed by atoms with E-state index in [-0.39, 0.29) is 18.9 Å². The monoisotopic (exact) mass is 357 g/mol. The Morgan fingerprint density at radius 3 is 2.24 bits per heavy atom. The van der Waals surface area contributed by atoms with Crippen LogP contribution in [-0.4, -0.2) is 42.4 Å². The molecule has 0 radical (unpaired) electrons. The molecular weight excluding hydrogens is 326 g/mol. The molecule has 0 rings (SSSR count). The molecule has 0 aromatic heterocycles. The lowest BCUT2D eigenvalue weighted by atomic mass is 10.1. The third-order valence-electron chi connectivity index (χ3n) is 2.80. The van der Waals surface area contributed by atoms with Gasteiger partial charge in [-0.3, -0.25) is 4.79 Å².